The molecule has 1 heterocycles. The number of amides is 1. The number of aromatic amines is 1. The van der Waals surface area contributed by atoms with Gasteiger partial charge in [-0.15, -0.1) is 10.2 Å². The lowest BCUT2D eigenvalue weighted by atomic mass is 10.2. The molecule has 0 bridgehead atoms. The van der Waals surface area contributed by atoms with Crippen LogP contribution >= 0.6 is 0 Å². The molecule has 9 heteroatoms. The highest BCUT2D eigenvalue weighted by atomic mass is 16.5. The number of hydrogen-bond acceptors (Lipinski definition) is 7. The number of aromatic nitrogens is 4. The second-order valence-electron chi connectivity index (χ2n) is 3.91. The van der Waals surface area contributed by atoms with Crippen LogP contribution in [0.1, 0.15) is 16.2 Å². The first-order chi connectivity index (χ1) is 10.2. The summed E-state index contributed by atoms with van der Waals surface area (Å²) in [5.41, 5.74) is 0.903. The number of hydrogen-bond donors (Lipinski definition) is 2. The van der Waals surface area contributed by atoms with Gasteiger partial charge in [0.1, 0.15) is 6.61 Å². The topological polar surface area (TPSA) is 119 Å². The van der Waals surface area contributed by atoms with Gasteiger partial charge in [-0.3, -0.25) is 5.32 Å². The summed E-state index contributed by atoms with van der Waals surface area (Å²) < 4.78 is 9.53. The summed E-state index contributed by atoms with van der Waals surface area (Å²) in [6.07, 6.45) is -0.241. The van der Waals surface area contributed by atoms with Crippen molar-refractivity contribution in [3.05, 3.63) is 35.7 Å². The van der Waals surface area contributed by atoms with E-state index in [0.29, 0.717) is 23.5 Å². The van der Waals surface area contributed by atoms with Gasteiger partial charge in [0, 0.05) is 12.1 Å². The summed E-state index contributed by atoms with van der Waals surface area (Å²) in [4.78, 5) is 22.8. The molecule has 0 aliphatic rings. The molecular weight excluding hydrogens is 278 g/mol. The Morgan fingerprint density at radius 3 is 2.67 bits per heavy atom. The summed E-state index contributed by atoms with van der Waals surface area (Å²) >= 11 is 0. The van der Waals surface area contributed by atoms with Crippen LogP contribution in [0, 0.1) is 0 Å². The Bertz CT molecular complexity index is 597. The number of H-pyrrole nitrogens is 1. The Morgan fingerprint density at radius 1 is 1.29 bits per heavy atom. The summed E-state index contributed by atoms with van der Waals surface area (Å²) in [5, 5.41) is 15.7. The molecule has 0 unspecified atom stereocenters. The molecule has 0 aliphatic carbocycles. The molecule has 0 spiro atoms. The highest BCUT2D eigenvalue weighted by molar-refractivity contribution is 5.90. The standard InChI is InChI=1S/C12H13N5O4/c1-20-11(18)8-2-4-9(5-3-8)13-12(19)21-7-6-10-14-16-17-15-10/h2-5H,6-7H2,1H3,(H,13,19)(H,14,15,16,17). The number of nitrogens with zero attached hydrogens (tertiary/aromatic N) is 3. The van der Waals surface area contributed by atoms with Crippen molar-refractivity contribution in [2.75, 3.05) is 19.0 Å². The fourth-order valence-electron chi connectivity index (χ4n) is 1.48. The zero-order chi connectivity index (χ0) is 15.1. The fraction of sp³-hybridized carbons (Fsp3) is 0.250. The maximum atomic E-state index is 11.5. The molecule has 0 saturated heterocycles. The maximum absolute atomic E-state index is 11.5. The van der Waals surface area contributed by atoms with Crippen molar-refractivity contribution in [3.63, 3.8) is 0 Å². The largest absolute Gasteiger partial charge is 0.465 e. The van der Waals surface area contributed by atoms with Crippen LogP contribution in [0.4, 0.5) is 10.5 Å². The number of ether oxygens (including phenoxy) is 2. The molecule has 2 rings (SSSR count). The number of carbonyl (C=O) groups excluding carboxylic acids is 2. The minimum atomic E-state index is -0.607. The minimum Gasteiger partial charge on any atom is -0.465 e. The van der Waals surface area contributed by atoms with Crippen LogP contribution in [0.25, 0.3) is 0 Å². The van der Waals surface area contributed by atoms with Crippen molar-refractivity contribution in [2.45, 2.75) is 6.42 Å². The predicted molar refractivity (Wildman–Crippen MR) is 70.6 cm³/mol. The second kappa shape index (κ2) is 6.98. The van der Waals surface area contributed by atoms with E-state index in [2.05, 4.69) is 30.7 Å². The van der Waals surface area contributed by atoms with Crippen molar-refractivity contribution in [1.82, 2.24) is 20.6 Å². The van der Waals surface area contributed by atoms with Crippen LogP contribution < -0.4 is 5.32 Å². The third kappa shape index (κ3) is 4.27. The normalized spacial score (nSPS) is 9.95. The molecule has 21 heavy (non-hydrogen) atoms. The lowest BCUT2D eigenvalue weighted by Crippen LogP contribution is -2.15. The zero-order valence-electron chi connectivity index (χ0n) is 11.2. The van der Waals surface area contributed by atoms with E-state index in [4.69, 9.17) is 4.74 Å². The van der Waals surface area contributed by atoms with E-state index in [1.54, 1.807) is 24.3 Å². The molecular formula is C12H13N5O4. The van der Waals surface area contributed by atoms with Gasteiger partial charge in [-0.25, -0.2) is 9.59 Å². The fourth-order valence-corrected chi connectivity index (χ4v) is 1.48. The van der Waals surface area contributed by atoms with Crippen molar-refractivity contribution in [3.8, 4) is 0 Å². The average Bonchev–Trinajstić information content (AvgIpc) is 3.00. The zero-order valence-corrected chi connectivity index (χ0v) is 11.2. The van der Waals surface area contributed by atoms with Gasteiger partial charge in [0.05, 0.1) is 12.7 Å². The molecule has 0 atom stereocenters. The number of methoxy groups -OCH3 is 1. The molecule has 0 radical (unpaired) electrons. The van der Waals surface area contributed by atoms with E-state index >= 15 is 0 Å². The lowest BCUT2D eigenvalue weighted by molar-refractivity contribution is 0.0600. The predicted octanol–water partition coefficient (Wildman–Crippen LogP) is 0.777. The SMILES string of the molecule is COC(=O)c1ccc(NC(=O)OCCc2nn[nH]n2)cc1. The quantitative estimate of drug-likeness (QED) is 0.781. The highest BCUT2D eigenvalue weighted by Crippen LogP contribution is 2.10. The molecule has 110 valence electrons. The van der Waals surface area contributed by atoms with Gasteiger partial charge in [0.15, 0.2) is 5.82 Å². The lowest BCUT2D eigenvalue weighted by Gasteiger charge is -2.06. The smallest absolute Gasteiger partial charge is 0.411 e. The van der Waals surface area contributed by atoms with Gasteiger partial charge < -0.3 is 9.47 Å². The minimum absolute atomic E-state index is 0.131. The molecule has 2 N–H and O–H groups in total. The molecule has 0 aliphatic heterocycles. The van der Waals surface area contributed by atoms with Gasteiger partial charge in [-0.05, 0) is 24.3 Å². The highest BCUT2D eigenvalue weighted by Gasteiger charge is 2.07. The Morgan fingerprint density at radius 2 is 2.05 bits per heavy atom. The second-order valence-corrected chi connectivity index (χ2v) is 3.91. The van der Waals surface area contributed by atoms with Gasteiger partial charge >= 0.3 is 12.1 Å². The van der Waals surface area contributed by atoms with Crippen LogP contribution in [0.15, 0.2) is 24.3 Å². The summed E-state index contributed by atoms with van der Waals surface area (Å²) in [6.45, 7) is 0.131. The van der Waals surface area contributed by atoms with Crippen LogP contribution in [0.5, 0.6) is 0 Å². The van der Waals surface area contributed by atoms with E-state index in [9.17, 15) is 9.59 Å². The monoisotopic (exact) mass is 291 g/mol. The number of esters is 1. The van der Waals surface area contributed by atoms with Gasteiger partial charge in [-0.1, -0.05) is 5.21 Å². The Labute approximate surface area is 119 Å². The van der Waals surface area contributed by atoms with Gasteiger partial charge in [0.2, 0.25) is 0 Å². The number of anilines is 1. The number of nitrogens with one attached hydrogen (secondary N) is 2. The summed E-state index contributed by atoms with van der Waals surface area (Å²) in [7, 11) is 1.30. The third-order valence-electron chi connectivity index (χ3n) is 2.50. The van der Waals surface area contributed by atoms with E-state index in [-0.39, 0.29) is 6.61 Å². The summed E-state index contributed by atoms with van der Waals surface area (Å²) in [6, 6.07) is 6.24. The van der Waals surface area contributed by atoms with Crippen LogP contribution in [-0.2, 0) is 15.9 Å². The van der Waals surface area contributed by atoms with Crippen LogP contribution in [0.2, 0.25) is 0 Å². The van der Waals surface area contributed by atoms with Crippen molar-refractivity contribution in [2.24, 2.45) is 0 Å². The van der Waals surface area contributed by atoms with Gasteiger partial charge in [-0.2, -0.15) is 5.21 Å². The first kappa shape index (κ1) is 14.4. The number of tetrazole rings is 1. The maximum Gasteiger partial charge on any atom is 0.411 e. The van der Waals surface area contributed by atoms with Gasteiger partial charge in [0.25, 0.3) is 0 Å². The van der Waals surface area contributed by atoms with Crippen molar-refractivity contribution >= 4 is 17.7 Å². The first-order valence-corrected chi connectivity index (χ1v) is 6.03. The van der Waals surface area contributed by atoms with Crippen molar-refractivity contribution < 1.29 is 19.1 Å². The molecule has 1 aromatic heterocycles. The molecule has 2 aromatic rings. The molecule has 1 amide bonds. The van der Waals surface area contributed by atoms with Crippen molar-refractivity contribution in [1.29, 1.82) is 0 Å². The Hall–Kier alpha value is -2.97. The first-order valence-electron chi connectivity index (χ1n) is 6.03. The summed E-state index contributed by atoms with van der Waals surface area (Å²) in [5.74, 6) is 0.0227. The van der Waals surface area contributed by atoms with E-state index < -0.39 is 12.1 Å². The molecule has 1 aromatic carbocycles. The number of benzene rings is 1. The van der Waals surface area contributed by atoms with E-state index in [0.717, 1.165) is 0 Å². The molecule has 0 fully saturated rings. The number of carbonyl (C=O) groups is 2. The Kier molecular flexibility index (Phi) is 4.80. The third-order valence-corrected chi connectivity index (χ3v) is 2.50. The van der Waals surface area contributed by atoms with Crippen LogP contribution in [-0.4, -0.2) is 46.4 Å². The number of rotatable bonds is 5. The Balaban J connectivity index is 1.78. The average molecular weight is 291 g/mol. The molecule has 0 saturated carbocycles. The van der Waals surface area contributed by atoms with E-state index in [1.165, 1.54) is 7.11 Å². The molecule has 9 nitrogen and oxygen atoms in total. The van der Waals surface area contributed by atoms with Crippen LogP contribution in [0.3, 0.4) is 0 Å². The van der Waals surface area contributed by atoms with E-state index in [1.807, 2.05) is 0 Å².